The third-order valence-corrected chi connectivity index (χ3v) is 4.63. The number of rotatable bonds is 3. The number of nitrogens with zero attached hydrogens (tertiary/aromatic N) is 1. The average Bonchev–Trinajstić information content (AvgIpc) is 2.68. The molecule has 3 rings (SSSR count). The highest BCUT2D eigenvalue weighted by atomic mass is 16.5. The van der Waals surface area contributed by atoms with Gasteiger partial charge in [0.25, 0.3) is 0 Å². The zero-order valence-corrected chi connectivity index (χ0v) is 15.0. The van der Waals surface area contributed by atoms with Crippen LogP contribution in [0.25, 0.3) is 10.9 Å². The summed E-state index contributed by atoms with van der Waals surface area (Å²) >= 11 is 0. The number of aliphatic carboxylic acids is 1. The van der Waals surface area contributed by atoms with Crippen molar-refractivity contribution < 1.29 is 19.4 Å². The Kier molecular flexibility index (Phi) is 6.51. The molecule has 25 heavy (non-hydrogen) atoms. The molecule has 1 saturated carbocycles. The van der Waals surface area contributed by atoms with Crippen LogP contribution in [0.3, 0.4) is 0 Å². The van der Waals surface area contributed by atoms with Crippen molar-refractivity contribution in [2.45, 2.75) is 45.4 Å². The van der Waals surface area contributed by atoms with Crippen molar-refractivity contribution in [2.24, 2.45) is 5.92 Å². The lowest BCUT2D eigenvalue weighted by atomic mass is 9.80. The molecule has 0 spiro atoms. The normalized spacial score (nSPS) is 19.6. The number of pyridine rings is 1. The molecule has 1 aliphatic carbocycles. The second-order valence-corrected chi connectivity index (χ2v) is 6.02. The predicted molar refractivity (Wildman–Crippen MR) is 96.8 cm³/mol. The van der Waals surface area contributed by atoms with E-state index in [1.54, 1.807) is 12.1 Å². The molecule has 1 aromatic heterocycles. The van der Waals surface area contributed by atoms with E-state index in [0.29, 0.717) is 24.3 Å². The number of aromatic nitrogens is 1. The van der Waals surface area contributed by atoms with Gasteiger partial charge >= 0.3 is 11.9 Å². The molecule has 1 aliphatic rings. The van der Waals surface area contributed by atoms with Crippen molar-refractivity contribution >= 4 is 22.8 Å². The molecular weight excluding hydrogens is 318 g/mol. The van der Waals surface area contributed by atoms with Crippen molar-refractivity contribution in [2.75, 3.05) is 7.11 Å². The minimum atomic E-state index is -0.690. The van der Waals surface area contributed by atoms with E-state index in [-0.39, 0.29) is 11.9 Å². The van der Waals surface area contributed by atoms with Gasteiger partial charge in [-0.15, -0.1) is 0 Å². The van der Waals surface area contributed by atoms with Crippen LogP contribution in [0.2, 0.25) is 0 Å². The molecule has 0 amide bonds. The Morgan fingerprint density at radius 2 is 1.76 bits per heavy atom. The maximum atomic E-state index is 11.6. The highest BCUT2D eigenvalue weighted by Crippen LogP contribution is 2.35. The number of hydrogen-bond acceptors (Lipinski definition) is 4. The maximum Gasteiger partial charge on any atom is 0.337 e. The Morgan fingerprint density at radius 3 is 2.36 bits per heavy atom. The van der Waals surface area contributed by atoms with Crippen LogP contribution in [0.4, 0.5) is 0 Å². The lowest BCUT2D eigenvalue weighted by Gasteiger charge is -2.25. The summed E-state index contributed by atoms with van der Waals surface area (Å²) in [7, 11) is 1.36. The summed E-state index contributed by atoms with van der Waals surface area (Å²) < 4.78 is 4.73. The van der Waals surface area contributed by atoms with E-state index >= 15 is 0 Å². The Bertz CT molecular complexity index is 748. The van der Waals surface area contributed by atoms with Crippen molar-refractivity contribution in [3.05, 3.63) is 41.6 Å². The largest absolute Gasteiger partial charge is 0.481 e. The molecular formula is C20H25NO4. The fourth-order valence-electron chi connectivity index (χ4n) is 3.25. The van der Waals surface area contributed by atoms with Gasteiger partial charge < -0.3 is 9.84 Å². The van der Waals surface area contributed by atoms with Crippen LogP contribution in [0, 0.1) is 5.92 Å². The first kappa shape index (κ1) is 18.9. The molecule has 5 heteroatoms. The first-order valence-corrected chi connectivity index (χ1v) is 8.80. The third kappa shape index (κ3) is 4.35. The van der Waals surface area contributed by atoms with E-state index in [2.05, 4.69) is 0 Å². The number of carbonyl (C=O) groups excluding carboxylic acids is 1. The fraction of sp³-hybridized carbons (Fsp3) is 0.450. The summed E-state index contributed by atoms with van der Waals surface area (Å²) in [4.78, 5) is 27.3. The lowest BCUT2D eigenvalue weighted by molar-refractivity contribution is -0.142. The Labute approximate surface area is 148 Å². The van der Waals surface area contributed by atoms with Gasteiger partial charge in [-0.1, -0.05) is 19.9 Å². The molecule has 0 saturated heterocycles. The van der Waals surface area contributed by atoms with Gasteiger partial charge in [-0.25, -0.2) is 4.79 Å². The van der Waals surface area contributed by atoms with Crippen molar-refractivity contribution in [3.63, 3.8) is 0 Å². The van der Waals surface area contributed by atoms with Gasteiger partial charge in [-0.05, 0) is 49.9 Å². The van der Waals surface area contributed by atoms with Crippen LogP contribution in [0.1, 0.15) is 61.5 Å². The summed E-state index contributed by atoms with van der Waals surface area (Å²) in [6, 6.07) is 9.27. The fourth-order valence-corrected chi connectivity index (χ4v) is 3.25. The topological polar surface area (TPSA) is 76.5 Å². The highest BCUT2D eigenvalue weighted by Gasteiger charge is 2.27. The van der Waals surface area contributed by atoms with E-state index < -0.39 is 5.97 Å². The second kappa shape index (κ2) is 8.60. The number of fused-ring (bicyclic) bond motifs is 1. The first-order valence-electron chi connectivity index (χ1n) is 8.80. The number of ether oxygens (including phenoxy) is 1. The van der Waals surface area contributed by atoms with Gasteiger partial charge in [0, 0.05) is 17.0 Å². The number of carbonyl (C=O) groups is 2. The van der Waals surface area contributed by atoms with E-state index in [1.807, 2.05) is 32.0 Å². The standard InChI is InChI=1S/C18H19NO4.C2H6/c1-23-18(22)14-7-9-16-13(10-14)6-8-15(19-16)11-2-4-12(5-3-11)17(20)21;1-2/h6-12H,2-5H2,1H3,(H,20,21);1-2H3. The van der Waals surface area contributed by atoms with E-state index in [0.717, 1.165) is 29.4 Å². The molecule has 0 aliphatic heterocycles. The molecule has 1 fully saturated rings. The number of hydrogen-bond donors (Lipinski definition) is 1. The SMILES string of the molecule is CC.COC(=O)c1ccc2nc(C3CCC(C(=O)O)CC3)ccc2c1. The van der Waals surface area contributed by atoms with Crippen LogP contribution >= 0.6 is 0 Å². The van der Waals surface area contributed by atoms with Gasteiger partial charge in [0.15, 0.2) is 0 Å². The monoisotopic (exact) mass is 343 g/mol. The molecule has 1 N–H and O–H groups in total. The third-order valence-electron chi connectivity index (χ3n) is 4.63. The molecule has 0 radical (unpaired) electrons. The molecule has 0 atom stereocenters. The van der Waals surface area contributed by atoms with Gasteiger partial charge in [-0.3, -0.25) is 9.78 Å². The van der Waals surface area contributed by atoms with E-state index in [4.69, 9.17) is 14.8 Å². The van der Waals surface area contributed by atoms with Gasteiger partial charge in [0.1, 0.15) is 0 Å². The number of methoxy groups -OCH3 is 1. The van der Waals surface area contributed by atoms with Crippen LogP contribution in [-0.2, 0) is 9.53 Å². The zero-order chi connectivity index (χ0) is 18.4. The first-order chi connectivity index (χ1) is 12.1. The Morgan fingerprint density at radius 1 is 1.08 bits per heavy atom. The molecule has 134 valence electrons. The molecule has 1 aromatic carbocycles. The number of carboxylic acids is 1. The number of benzene rings is 1. The lowest BCUT2D eigenvalue weighted by Crippen LogP contribution is -2.20. The minimum Gasteiger partial charge on any atom is -0.481 e. The summed E-state index contributed by atoms with van der Waals surface area (Å²) in [6.45, 7) is 4.00. The molecule has 2 aromatic rings. The number of esters is 1. The van der Waals surface area contributed by atoms with Crippen molar-refractivity contribution in [1.82, 2.24) is 4.98 Å². The smallest absolute Gasteiger partial charge is 0.337 e. The summed E-state index contributed by atoms with van der Waals surface area (Å²) in [5, 5.41) is 9.97. The van der Waals surface area contributed by atoms with Crippen LogP contribution in [0.15, 0.2) is 30.3 Å². The van der Waals surface area contributed by atoms with Crippen LogP contribution < -0.4 is 0 Å². The van der Waals surface area contributed by atoms with Crippen molar-refractivity contribution in [1.29, 1.82) is 0 Å². The van der Waals surface area contributed by atoms with Gasteiger partial charge in [-0.2, -0.15) is 0 Å². The van der Waals surface area contributed by atoms with Crippen LogP contribution in [-0.4, -0.2) is 29.1 Å². The van der Waals surface area contributed by atoms with E-state index in [1.165, 1.54) is 7.11 Å². The highest BCUT2D eigenvalue weighted by molar-refractivity contribution is 5.94. The molecule has 0 bridgehead atoms. The quantitative estimate of drug-likeness (QED) is 0.836. The zero-order valence-electron chi connectivity index (χ0n) is 15.0. The van der Waals surface area contributed by atoms with Crippen molar-refractivity contribution in [3.8, 4) is 0 Å². The maximum absolute atomic E-state index is 11.6. The second-order valence-electron chi connectivity index (χ2n) is 6.02. The Balaban J connectivity index is 0.00000109. The minimum absolute atomic E-state index is 0.214. The average molecular weight is 343 g/mol. The molecule has 1 heterocycles. The van der Waals surface area contributed by atoms with Gasteiger partial charge in [0.2, 0.25) is 0 Å². The summed E-state index contributed by atoms with van der Waals surface area (Å²) in [5.41, 5.74) is 2.36. The summed E-state index contributed by atoms with van der Waals surface area (Å²) in [6.07, 6.45) is 3.13. The molecule has 5 nitrogen and oxygen atoms in total. The number of carboxylic acid groups (broad SMARTS) is 1. The molecule has 0 unspecified atom stereocenters. The van der Waals surface area contributed by atoms with Crippen LogP contribution in [0.5, 0.6) is 0 Å². The van der Waals surface area contributed by atoms with Gasteiger partial charge in [0.05, 0.1) is 24.1 Å². The van der Waals surface area contributed by atoms with E-state index in [9.17, 15) is 9.59 Å². The summed E-state index contributed by atoms with van der Waals surface area (Å²) in [5.74, 6) is -0.946. The Hall–Kier alpha value is -2.43. The predicted octanol–water partition coefficient (Wildman–Crippen LogP) is 4.41.